The first kappa shape index (κ1) is 22.0. The molecule has 0 aliphatic carbocycles. The van der Waals surface area contributed by atoms with Crippen LogP contribution in [-0.4, -0.2) is 16.7 Å². The van der Waals surface area contributed by atoms with Crippen LogP contribution in [0.1, 0.15) is 22.5 Å². The van der Waals surface area contributed by atoms with E-state index in [0.29, 0.717) is 23.7 Å². The summed E-state index contributed by atoms with van der Waals surface area (Å²) in [5.74, 6) is 2.12. The van der Waals surface area contributed by atoms with E-state index in [1.54, 1.807) is 7.11 Å². The third kappa shape index (κ3) is 4.64. The molecule has 170 valence electrons. The van der Waals surface area contributed by atoms with Crippen molar-refractivity contribution in [3.8, 4) is 23.3 Å². The SMILES string of the molecule is COc1cccc(C=Cc2nc3ccccc3n2-c2ccc(C#N)cc2)c1OCc1ccccc1. The summed E-state index contributed by atoms with van der Waals surface area (Å²) in [4.78, 5) is 4.85. The average Bonchev–Trinajstić information content (AvgIpc) is 3.29. The summed E-state index contributed by atoms with van der Waals surface area (Å²) in [7, 11) is 1.64. The van der Waals surface area contributed by atoms with Crippen molar-refractivity contribution in [1.29, 1.82) is 5.26 Å². The number of nitriles is 1. The molecule has 35 heavy (non-hydrogen) atoms. The van der Waals surface area contributed by atoms with E-state index in [4.69, 9.17) is 14.5 Å². The molecule has 5 heteroatoms. The third-order valence-corrected chi connectivity index (χ3v) is 5.71. The molecule has 0 saturated heterocycles. The van der Waals surface area contributed by atoms with E-state index in [9.17, 15) is 5.26 Å². The molecule has 0 saturated carbocycles. The Hall–Kier alpha value is -4.82. The van der Waals surface area contributed by atoms with Crippen molar-refractivity contribution in [2.75, 3.05) is 7.11 Å². The van der Waals surface area contributed by atoms with Gasteiger partial charge >= 0.3 is 0 Å². The van der Waals surface area contributed by atoms with Gasteiger partial charge in [0.2, 0.25) is 0 Å². The van der Waals surface area contributed by atoms with E-state index in [1.165, 1.54) is 0 Å². The molecule has 0 atom stereocenters. The Balaban J connectivity index is 1.54. The summed E-state index contributed by atoms with van der Waals surface area (Å²) in [5.41, 5.74) is 5.40. The first-order valence-corrected chi connectivity index (χ1v) is 11.3. The molecule has 0 amide bonds. The fraction of sp³-hybridized carbons (Fsp3) is 0.0667. The van der Waals surface area contributed by atoms with Crippen molar-refractivity contribution < 1.29 is 9.47 Å². The summed E-state index contributed by atoms with van der Waals surface area (Å²) in [6.45, 7) is 0.436. The predicted octanol–water partition coefficient (Wildman–Crippen LogP) is 6.66. The summed E-state index contributed by atoms with van der Waals surface area (Å²) in [5, 5.41) is 9.18. The molecule has 0 radical (unpaired) electrons. The van der Waals surface area contributed by atoms with Gasteiger partial charge in [-0.1, -0.05) is 54.6 Å². The van der Waals surface area contributed by atoms with Crippen LogP contribution < -0.4 is 9.47 Å². The van der Waals surface area contributed by atoms with Gasteiger partial charge in [-0.05, 0) is 60.2 Å². The van der Waals surface area contributed by atoms with Crippen LogP contribution in [0.4, 0.5) is 0 Å². The normalized spacial score (nSPS) is 11.0. The van der Waals surface area contributed by atoms with Gasteiger partial charge in [-0.15, -0.1) is 0 Å². The summed E-state index contributed by atoms with van der Waals surface area (Å²) < 4.78 is 13.9. The fourth-order valence-corrected chi connectivity index (χ4v) is 3.99. The molecule has 1 aromatic heterocycles. The molecule has 5 nitrogen and oxygen atoms in total. The zero-order valence-corrected chi connectivity index (χ0v) is 19.3. The number of aromatic nitrogens is 2. The Bertz CT molecular complexity index is 1530. The molecule has 1 heterocycles. The second kappa shape index (κ2) is 9.98. The molecule has 0 aliphatic heterocycles. The Morgan fingerprint density at radius 1 is 0.857 bits per heavy atom. The average molecular weight is 458 g/mol. The van der Waals surface area contributed by atoms with Gasteiger partial charge in [0, 0.05) is 11.3 Å². The lowest BCUT2D eigenvalue weighted by Crippen LogP contribution is -2.00. The van der Waals surface area contributed by atoms with Crippen LogP contribution in [0.2, 0.25) is 0 Å². The third-order valence-electron chi connectivity index (χ3n) is 5.71. The Kier molecular flexibility index (Phi) is 6.27. The van der Waals surface area contributed by atoms with E-state index in [-0.39, 0.29) is 0 Å². The van der Waals surface area contributed by atoms with Crippen molar-refractivity contribution in [1.82, 2.24) is 9.55 Å². The molecule has 0 bridgehead atoms. The lowest BCUT2D eigenvalue weighted by molar-refractivity contribution is 0.284. The number of para-hydroxylation sites is 3. The number of nitrogens with zero attached hydrogens (tertiary/aromatic N) is 3. The summed E-state index contributed by atoms with van der Waals surface area (Å²) in [6, 6.07) is 33.5. The highest BCUT2D eigenvalue weighted by Crippen LogP contribution is 2.33. The van der Waals surface area contributed by atoms with E-state index >= 15 is 0 Å². The lowest BCUT2D eigenvalue weighted by atomic mass is 10.1. The van der Waals surface area contributed by atoms with E-state index in [1.807, 2.05) is 109 Å². The molecular formula is C30H23N3O2. The zero-order chi connectivity index (χ0) is 24.0. The topological polar surface area (TPSA) is 60.1 Å². The zero-order valence-electron chi connectivity index (χ0n) is 19.3. The van der Waals surface area contributed by atoms with Crippen LogP contribution in [0.25, 0.3) is 28.9 Å². The monoisotopic (exact) mass is 457 g/mol. The number of hydrogen-bond donors (Lipinski definition) is 0. The van der Waals surface area contributed by atoms with Crippen molar-refractivity contribution in [3.63, 3.8) is 0 Å². The Morgan fingerprint density at radius 3 is 2.40 bits per heavy atom. The van der Waals surface area contributed by atoms with Crippen molar-refractivity contribution >= 4 is 23.2 Å². The molecule has 0 unspecified atom stereocenters. The van der Waals surface area contributed by atoms with Crippen LogP contribution in [0.15, 0.2) is 97.1 Å². The molecular weight excluding hydrogens is 434 g/mol. The maximum atomic E-state index is 9.18. The minimum atomic E-state index is 0.436. The molecule has 4 aromatic carbocycles. The Morgan fingerprint density at radius 2 is 1.63 bits per heavy atom. The fourth-order valence-electron chi connectivity index (χ4n) is 3.99. The summed E-state index contributed by atoms with van der Waals surface area (Å²) >= 11 is 0. The van der Waals surface area contributed by atoms with Crippen LogP contribution in [0, 0.1) is 11.3 Å². The van der Waals surface area contributed by atoms with Crippen LogP contribution in [0.3, 0.4) is 0 Å². The molecule has 0 N–H and O–H groups in total. The second-order valence-electron chi connectivity index (χ2n) is 7.94. The highest BCUT2D eigenvalue weighted by molar-refractivity contribution is 5.83. The number of hydrogen-bond acceptors (Lipinski definition) is 4. The molecule has 5 rings (SSSR count). The number of benzene rings is 4. The standard InChI is InChI=1S/C30H23N3O2/c1-34-28-13-7-10-24(30(28)35-21-23-8-3-2-4-9-23)16-19-29-32-26-11-5-6-12-27(26)33(29)25-17-14-22(20-31)15-18-25/h2-19H,21H2,1H3. The molecule has 0 aliphatic rings. The van der Waals surface area contributed by atoms with Gasteiger partial charge < -0.3 is 9.47 Å². The van der Waals surface area contributed by atoms with Gasteiger partial charge in [0.05, 0.1) is 29.8 Å². The van der Waals surface area contributed by atoms with Gasteiger partial charge in [0.1, 0.15) is 12.4 Å². The van der Waals surface area contributed by atoms with Gasteiger partial charge in [0.15, 0.2) is 11.5 Å². The quantitative estimate of drug-likeness (QED) is 0.274. The van der Waals surface area contributed by atoms with Crippen LogP contribution >= 0.6 is 0 Å². The van der Waals surface area contributed by atoms with E-state index in [2.05, 4.69) is 10.6 Å². The number of fused-ring (bicyclic) bond motifs is 1. The smallest absolute Gasteiger partial charge is 0.168 e. The lowest BCUT2D eigenvalue weighted by Gasteiger charge is -2.13. The minimum Gasteiger partial charge on any atom is -0.493 e. The summed E-state index contributed by atoms with van der Waals surface area (Å²) in [6.07, 6.45) is 3.96. The van der Waals surface area contributed by atoms with Gasteiger partial charge in [-0.3, -0.25) is 4.57 Å². The van der Waals surface area contributed by atoms with Crippen LogP contribution in [0.5, 0.6) is 11.5 Å². The predicted molar refractivity (Wildman–Crippen MR) is 138 cm³/mol. The maximum Gasteiger partial charge on any atom is 0.168 e. The van der Waals surface area contributed by atoms with E-state index in [0.717, 1.165) is 33.7 Å². The molecule has 0 spiro atoms. The maximum absolute atomic E-state index is 9.18. The van der Waals surface area contributed by atoms with Gasteiger partial charge in [-0.2, -0.15) is 5.26 Å². The van der Waals surface area contributed by atoms with Crippen molar-refractivity contribution in [2.45, 2.75) is 6.61 Å². The second-order valence-corrected chi connectivity index (χ2v) is 7.94. The van der Waals surface area contributed by atoms with Crippen molar-refractivity contribution in [2.24, 2.45) is 0 Å². The van der Waals surface area contributed by atoms with E-state index < -0.39 is 0 Å². The van der Waals surface area contributed by atoms with Gasteiger partial charge in [-0.25, -0.2) is 4.98 Å². The number of methoxy groups -OCH3 is 1. The first-order valence-electron chi connectivity index (χ1n) is 11.3. The first-order chi connectivity index (χ1) is 17.3. The molecule has 0 fully saturated rings. The molecule has 5 aromatic rings. The van der Waals surface area contributed by atoms with Gasteiger partial charge in [0.25, 0.3) is 0 Å². The largest absolute Gasteiger partial charge is 0.493 e. The number of imidazole rings is 1. The highest BCUT2D eigenvalue weighted by atomic mass is 16.5. The van der Waals surface area contributed by atoms with Crippen LogP contribution in [-0.2, 0) is 6.61 Å². The minimum absolute atomic E-state index is 0.436. The number of ether oxygens (including phenoxy) is 2. The Labute approximate surface area is 204 Å². The number of rotatable bonds is 7. The van der Waals surface area contributed by atoms with Crippen molar-refractivity contribution in [3.05, 3.63) is 120 Å². The highest BCUT2D eigenvalue weighted by Gasteiger charge is 2.12.